The highest BCUT2D eigenvalue weighted by Crippen LogP contribution is 2.15. The van der Waals surface area contributed by atoms with Gasteiger partial charge in [-0.1, -0.05) is 54.1 Å². The topological polar surface area (TPSA) is 54.0 Å². The highest BCUT2D eigenvalue weighted by Gasteiger charge is 2.07. The van der Waals surface area contributed by atoms with Crippen molar-refractivity contribution in [2.45, 2.75) is 20.0 Å². The zero-order chi connectivity index (χ0) is 18.4. The van der Waals surface area contributed by atoms with E-state index in [1.807, 2.05) is 36.4 Å². The number of nitrogens with zero attached hydrogens (tertiary/aromatic N) is 1. The third kappa shape index (κ3) is 4.61. The Bertz CT molecular complexity index is 894. The van der Waals surface area contributed by atoms with Crippen LogP contribution in [0.25, 0.3) is 0 Å². The van der Waals surface area contributed by atoms with Crippen LogP contribution in [-0.2, 0) is 13.1 Å². The van der Waals surface area contributed by atoms with Crippen molar-refractivity contribution in [3.05, 3.63) is 94.1 Å². The van der Waals surface area contributed by atoms with Gasteiger partial charge in [0, 0.05) is 24.3 Å². The molecule has 0 unspecified atom stereocenters. The first-order chi connectivity index (χ1) is 12.6. The van der Waals surface area contributed by atoms with Gasteiger partial charge >= 0.3 is 0 Å². The van der Waals surface area contributed by atoms with Gasteiger partial charge in [0.2, 0.25) is 0 Å². The average molecular weight is 366 g/mol. The van der Waals surface area contributed by atoms with Crippen LogP contribution in [0.4, 0.5) is 5.82 Å². The van der Waals surface area contributed by atoms with E-state index in [1.165, 1.54) is 11.1 Å². The fourth-order valence-corrected chi connectivity index (χ4v) is 2.75. The van der Waals surface area contributed by atoms with Gasteiger partial charge in [-0.2, -0.15) is 0 Å². The molecule has 0 radical (unpaired) electrons. The number of pyridine rings is 1. The number of halogens is 1. The minimum atomic E-state index is -0.178. The molecular formula is C21H20ClN3O. The molecule has 3 rings (SSSR count). The molecule has 0 fully saturated rings. The maximum atomic E-state index is 12.2. The van der Waals surface area contributed by atoms with Gasteiger partial charge in [-0.15, -0.1) is 0 Å². The van der Waals surface area contributed by atoms with Crippen molar-refractivity contribution in [3.8, 4) is 0 Å². The summed E-state index contributed by atoms with van der Waals surface area (Å²) in [6.45, 7) is 3.15. The summed E-state index contributed by atoms with van der Waals surface area (Å²) < 4.78 is 0. The first-order valence-electron chi connectivity index (χ1n) is 8.39. The van der Waals surface area contributed by atoms with Gasteiger partial charge in [0.1, 0.15) is 5.82 Å². The molecule has 0 aliphatic heterocycles. The van der Waals surface area contributed by atoms with Crippen LogP contribution in [0.1, 0.15) is 27.0 Å². The number of benzene rings is 2. The first-order valence-corrected chi connectivity index (χ1v) is 8.77. The van der Waals surface area contributed by atoms with E-state index in [1.54, 1.807) is 18.3 Å². The number of carbonyl (C=O) groups is 1. The quantitative estimate of drug-likeness (QED) is 0.672. The number of amides is 1. The highest BCUT2D eigenvalue weighted by atomic mass is 35.5. The van der Waals surface area contributed by atoms with E-state index in [0.29, 0.717) is 23.7 Å². The average Bonchev–Trinajstić information content (AvgIpc) is 2.67. The molecule has 1 amide bonds. The van der Waals surface area contributed by atoms with Crippen LogP contribution in [0.3, 0.4) is 0 Å². The number of anilines is 1. The molecule has 1 heterocycles. The summed E-state index contributed by atoms with van der Waals surface area (Å²) >= 11 is 6.10. The Labute approximate surface area is 158 Å². The largest absolute Gasteiger partial charge is 0.366 e. The number of carbonyl (C=O) groups excluding carboxylic acids is 1. The summed E-state index contributed by atoms with van der Waals surface area (Å²) in [7, 11) is 0. The van der Waals surface area contributed by atoms with Crippen molar-refractivity contribution in [2.24, 2.45) is 0 Å². The lowest BCUT2D eigenvalue weighted by molar-refractivity contribution is 0.0950. The molecule has 4 nitrogen and oxygen atoms in total. The molecule has 0 spiro atoms. The summed E-state index contributed by atoms with van der Waals surface area (Å²) in [5.41, 5.74) is 3.84. The van der Waals surface area contributed by atoms with E-state index in [0.717, 1.165) is 11.4 Å². The molecular weight excluding hydrogens is 346 g/mol. The SMILES string of the molecule is Cc1ccccc1CNc1ccc(C(=O)NCc2ccccc2Cl)cn1. The molecule has 26 heavy (non-hydrogen) atoms. The Balaban J connectivity index is 1.56. The zero-order valence-corrected chi connectivity index (χ0v) is 15.3. The van der Waals surface area contributed by atoms with Crippen LogP contribution in [0.15, 0.2) is 66.9 Å². The third-order valence-corrected chi connectivity index (χ3v) is 4.51. The molecule has 0 bridgehead atoms. The van der Waals surface area contributed by atoms with E-state index in [-0.39, 0.29) is 5.91 Å². The number of hydrogen-bond acceptors (Lipinski definition) is 3. The maximum absolute atomic E-state index is 12.2. The van der Waals surface area contributed by atoms with Gasteiger partial charge in [0.15, 0.2) is 0 Å². The molecule has 5 heteroatoms. The van der Waals surface area contributed by atoms with Crippen LogP contribution in [0, 0.1) is 6.92 Å². The lowest BCUT2D eigenvalue weighted by Gasteiger charge is -2.09. The summed E-state index contributed by atoms with van der Waals surface area (Å²) in [6, 6.07) is 19.2. The van der Waals surface area contributed by atoms with Crippen molar-refractivity contribution < 1.29 is 4.79 Å². The van der Waals surface area contributed by atoms with E-state index >= 15 is 0 Å². The monoisotopic (exact) mass is 365 g/mol. The fraction of sp³-hybridized carbons (Fsp3) is 0.143. The molecule has 2 N–H and O–H groups in total. The summed E-state index contributed by atoms with van der Waals surface area (Å²) in [5.74, 6) is 0.554. The van der Waals surface area contributed by atoms with Gasteiger partial charge in [-0.25, -0.2) is 4.98 Å². The number of rotatable bonds is 6. The molecule has 0 saturated carbocycles. The van der Waals surface area contributed by atoms with Gasteiger partial charge in [0.25, 0.3) is 5.91 Å². The van der Waals surface area contributed by atoms with Gasteiger partial charge in [-0.3, -0.25) is 4.79 Å². The Morgan fingerprint density at radius 2 is 1.69 bits per heavy atom. The van der Waals surface area contributed by atoms with E-state index in [2.05, 4.69) is 34.7 Å². The van der Waals surface area contributed by atoms with Crippen molar-refractivity contribution >= 4 is 23.3 Å². The second-order valence-electron chi connectivity index (χ2n) is 5.99. The fourth-order valence-electron chi connectivity index (χ4n) is 2.55. The van der Waals surface area contributed by atoms with Crippen LogP contribution >= 0.6 is 11.6 Å². The van der Waals surface area contributed by atoms with Crippen molar-refractivity contribution in [2.75, 3.05) is 5.32 Å². The third-order valence-electron chi connectivity index (χ3n) is 4.14. The first kappa shape index (κ1) is 18.0. The Hall–Kier alpha value is -2.85. The van der Waals surface area contributed by atoms with Gasteiger partial charge < -0.3 is 10.6 Å². The Morgan fingerprint density at radius 1 is 0.962 bits per heavy atom. The van der Waals surface area contributed by atoms with Gasteiger partial charge in [-0.05, 0) is 41.8 Å². The van der Waals surface area contributed by atoms with E-state index in [4.69, 9.17) is 11.6 Å². The van der Waals surface area contributed by atoms with Crippen molar-refractivity contribution in [1.29, 1.82) is 0 Å². The van der Waals surface area contributed by atoms with E-state index in [9.17, 15) is 4.79 Å². The predicted octanol–water partition coefficient (Wildman–Crippen LogP) is 4.59. The highest BCUT2D eigenvalue weighted by molar-refractivity contribution is 6.31. The lowest BCUT2D eigenvalue weighted by atomic mass is 10.1. The Kier molecular flexibility index (Phi) is 5.87. The molecule has 0 atom stereocenters. The minimum absolute atomic E-state index is 0.178. The molecule has 0 aliphatic carbocycles. The predicted molar refractivity (Wildman–Crippen MR) is 105 cm³/mol. The van der Waals surface area contributed by atoms with E-state index < -0.39 is 0 Å². The molecule has 1 aromatic heterocycles. The maximum Gasteiger partial charge on any atom is 0.253 e. The Morgan fingerprint density at radius 3 is 2.38 bits per heavy atom. The van der Waals surface area contributed by atoms with Crippen LogP contribution in [0.5, 0.6) is 0 Å². The second kappa shape index (κ2) is 8.50. The molecule has 0 aliphatic rings. The number of aryl methyl sites for hydroxylation is 1. The zero-order valence-electron chi connectivity index (χ0n) is 14.5. The minimum Gasteiger partial charge on any atom is -0.366 e. The standard InChI is InChI=1S/C21H20ClN3O/c1-15-6-2-3-7-16(15)12-23-20-11-10-18(14-24-20)21(26)25-13-17-8-4-5-9-19(17)22/h2-11,14H,12-13H2,1H3,(H,23,24)(H,25,26). The molecule has 3 aromatic rings. The van der Waals surface area contributed by atoms with Crippen molar-refractivity contribution in [3.63, 3.8) is 0 Å². The summed E-state index contributed by atoms with van der Waals surface area (Å²) in [5, 5.41) is 6.77. The van der Waals surface area contributed by atoms with Gasteiger partial charge in [0.05, 0.1) is 5.56 Å². The lowest BCUT2D eigenvalue weighted by Crippen LogP contribution is -2.23. The normalized spacial score (nSPS) is 10.4. The number of aromatic nitrogens is 1. The summed E-state index contributed by atoms with van der Waals surface area (Å²) in [6.07, 6.45) is 1.57. The molecule has 132 valence electrons. The van der Waals surface area contributed by atoms with Crippen LogP contribution < -0.4 is 10.6 Å². The smallest absolute Gasteiger partial charge is 0.253 e. The summed E-state index contributed by atoms with van der Waals surface area (Å²) in [4.78, 5) is 16.6. The molecule has 2 aromatic carbocycles. The van der Waals surface area contributed by atoms with Crippen LogP contribution in [-0.4, -0.2) is 10.9 Å². The van der Waals surface area contributed by atoms with Crippen molar-refractivity contribution in [1.82, 2.24) is 10.3 Å². The number of hydrogen-bond donors (Lipinski definition) is 2. The second-order valence-corrected chi connectivity index (χ2v) is 6.39. The molecule has 0 saturated heterocycles. The number of nitrogens with one attached hydrogen (secondary N) is 2. The van der Waals surface area contributed by atoms with Crippen LogP contribution in [0.2, 0.25) is 5.02 Å².